The van der Waals surface area contributed by atoms with Crippen molar-refractivity contribution < 1.29 is 4.79 Å². The highest BCUT2D eigenvalue weighted by Crippen LogP contribution is 2.35. The summed E-state index contributed by atoms with van der Waals surface area (Å²) in [6.45, 7) is 5.96. The van der Waals surface area contributed by atoms with Crippen molar-refractivity contribution in [3.8, 4) is 0 Å². The van der Waals surface area contributed by atoms with Crippen molar-refractivity contribution in [1.82, 2.24) is 0 Å². The van der Waals surface area contributed by atoms with E-state index in [1.807, 2.05) is 0 Å². The Morgan fingerprint density at radius 3 is 3.07 bits per heavy atom. The molecule has 1 nitrogen and oxygen atoms in total. The molecule has 1 aliphatic carbocycles. The predicted octanol–water partition coefficient (Wildman–Crippen LogP) is 3.17. The Labute approximate surface area is 90.8 Å². The van der Waals surface area contributed by atoms with Crippen molar-refractivity contribution in [1.29, 1.82) is 0 Å². The Morgan fingerprint density at radius 1 is 1.53 bits per heavy atom. The molecule has 2 rings (SSSR count). The van der Waals surface area contributed by atoms with Gasteiger partial charge >= 0.3 is 0 Å². The molecule has 0 saturated heterocycles. The highest BCUT2D eigenvalue weighted by Gasteiger charge is 2.21. The fourth-order valence-electron chi connectivity index (χ4n) is 2.41. The number of carbonyl (C=O) groups is 1. The summed E-state index contributed by atoms with van der Waals surface area (Å²) in [7, 11) is 0. The lowest BCUT2D eigenvalue weighted by atomic mass is 9.79. The summed E-state index contributed by atoms with van der Waals surface area (Å²) in [5.74, 6) is 0.256. The summed E-state index contributed by atoms with van der Waals surface area (Å²) in [4.78, 5) is 10.8. The van der Waals surface area contributed by atoms with Crippen LogP contribution in [-0.2, 0) is 11.2 Å². The molecule has 0 fully saturated rings. The number of fused-ring (bicyclic) bond motifs is 1. The zero-order valence-electron chi connectivity index (χ0n) is 9.12. The summed E-state index contributed by atoms with van der Waals surface area (Å²) < 4.78 is 0. The first-order valence-corrected chi connectivity index (χ1v) is 5.46. The normalized spacial score (nSPS) is 19.4. The van der Waals surface area contributed by atoms with Crippen LogP contribution in [0.4, 0.5) is 0 Å². The van der Waals surface area contributed by atoms with Crippen LogP contribution in [0.5, 0.6) is 0 Å². The quantitative estimate of drug-likeness (QED) is 0.529. The van der Waals surface area contributed by atoms with E-state index in [4.69, 9.17) is 0 Å². The molecule has 0 N–H and O–H groups in total. The maximum absolute atomic E-state index is 10.8. The first-order chi connectivity index (χ1) is 7.22. The molecule has 0 heterocycles. The van der Waals surface area contributed by atoms with E-state index in [1.54, 1.807) is 0 Å². The van der Waals surface area contributed by atoms with Gasteiger partial charge < -0.3 is 0 Å². The van der Waals surface area contributed by atoms with Crippen LogP contribution in [0.15, 0.2) is 30.4 Å². The van der Waals surface area contributed by atoms with E-state index >= 15 is 0 Å². The summed E-state index contributed by atoms with van der Waals surface area (Å²) >= 11 is 0. The fourth-order valence-corrected chi connectivity index (χ4v) is 2.41. The molecule has 1 aliphatic rings. The molecule has 1 aromatic carbocycles. The number of allylic oxidation sites excluding steroid dienone is 1. The lowest BCUT2D eigenvalue weighted by molar-refractivity contribution is -0.105. The zero-order chi connectivity index (χ0) is 10.8. The van der Waals surface area contributed by atoms with Gasteiger partial charge in [0.2, 0.25) is 0 Å². The van der Waals surface area contributed by atoms with E-state index in [0.29, 0.717) is 0 Å². The molecule has 78 valence electrons. The Kier molecular flexibility index (Phi) is 2.72. The van der Waals surface area contributed by atoms with Gasteiger partial charge in [0.05, 0.1) is 0 Å². The number of rotatable bonds is 2. The smallest absolute Gasteiger partial charge is 0.146 e. The fraction of sp³-hybridized carbons (Fsp3) is 0.357. The summed E-state index contributed by atoms with van der Waals surface area (Å²) in [6.07, 6.45) is 4.26. The minimum Gasteiger partial charge on any atom is -0.298 e. The summed E-state index contributed by atoms with van der Waals surface area (Å²) in [5.41, 5.74) is 4.73. The van der Waals surface area contributed by atoms with Gasteiger partial charge in [-0.2, -0.15) is 0 Å². The standard InChI is InChI=1S/C14H16O/c1-10-6-7-14-12(8-10)4-3-5-13(14)11(2)9-15/h6-9,13H,2-5H2,1H3. The predicted molar refractivity (Wildman–Crippen MR) is 62.1 cm³/mol. The third-order valence-electron chi connectivity index (χ3n) is 3.21. The van der Waals surface area contributed by atoms with Gasteiger partial charge in [0.1, 0.15) is 6.29 Å². The van der Waals surface area contributed by atoms with E-state index in [-0.39, 0.29) is 5.92 Å². The molecule has 1 unspecified atom stereocenters. The summed E-state index contributed by atoms with van der Waals surface area (Å²) in [6, 6.07) is 6.51. The average molecular weight is 200 g/mol. The number of aldehydes is 1. The molecule has 0 aliphatic heterocycles. The molecule has 1 atom stereocenters. The highest BCUT2D eigenvalue weighted by atomic mass is 16.1. The SMILES string of the molecule is C=C(C=O)C1CCCc2cc(C)ccc21. The van der Waals surface area contributed by atoms with Gasteiger partial charge in [0, 0.05) is 5.92 Å². The topological polar surface area (TPSA) is 17.1 Å². The molecule has 0 spiro atoms. The van der Waals surface area contributed by atoms with Crippen molar-refractivity contribution >= 4 is 6.29 Å². The van der Waals surface area contributed by atoms with E-state index in [9.17, 15) is 4.79 Å². The highest BCUT2D eigenvalue weighted by molar-refractivity contribution is 5.75. The number of carbonyl (C=O) groups excluding carboxylic acids is 1. The van der Waals surface area contributed by atoms with Gasteiger partial charge in [-0.3, -0.25) is 4.79 Å². The van der Waals surface area contributed by atoms with Crippen LogP contribution in [0.1, 0.15) is 35.4 Å². The Bertz CT molecular complexity index is 404. The second-order valence-corrected chi connectivity index (χ2v) is 4.34. The minimum absolute atomic E-state index is 0.256. The van der Waals surface area contributed by atoms with Gasteiger partial charge in [-0.25, -0.2) is 0 Å². The zero-order valence-corrected chi connectivity index (χ0v) is 9.12. The largest absolute Gasteiger partial charge is 0.298 e. The van der Waals surface area contributed by atoms with Gasteiger partial charge in [-0.1, -0.05) is 30.3 Å². The van der Waals surface area contributed by atoms with Crippen LogP contribution < -0.4 is 0 Å². The number of aryl methyl sites for hydroxylation is 2. The van der Waals surface area contributed by atoms with Crippen molar-refractivity contribution in [2.45, 2.75) is 32.1 Å². The van der Waals surface area contributed by atoms with Crippen LogP contribution in [0.2, 0.25) is 0 Å². The van der Waals surface area contributed by atoms with Crippen LogP contribution in [0.25, 0.3) is 0 Å². The Morgan fingerprint density at radius 2 is 2.33 bits per heavy atom. The van der Waals surface area contributed by atoms with Gasteiger partial charge in [0.25, 0.3) is 0 Å². The lowest BCUT2D eigenvalue weighted by Gasteiger charge is -2.25. The number of hydrogen-bond acceptors (Lipinski definition) is 1. The van der Waals surface area contributed by atoms with Crippen molar-refractivity contribution in [2.75, 3.05) is 0 Å². The van der Waals surface area contributed by atoms with E-state index in [0.717, 1.165) is 31.1 Å². The van der Waals surface area contributed by atoms with Crippen molar-refractivity contribution in [3.05, 3.63) is 47.0 Å². The molecule has 1 aromatic rings. The number of hydrogen-bond donors (Lipinski definition) is 0. The third kappa shape index (κ3) is 1.87. The van der Waals surface area contributed by atoms with E-state index in [1.165, 1.54) is 16.7 Å². The maximum atomic E-state index is 10.8. The van der Waals surface area contributed by atoms with Gasteiger partial charge in [0.15, 0.2) is 0 Å². The Balaban J connectivity index is 2.42. The first kappa shape index (κ1) is 10.2. The molecule has 0 radical (unpaired) electrons. The molecule has 0 amide bonds. The Hall–Kier alpha value is -1.37. The third-order valence-corrected chi connectivity index (χ3v) is 3.21. The lowest BCUT2D eigenvalue weighted by Crippen LogP contribution is -2.12. The van der Waals surface area contributed by atoms with Crippen LogP contribution >= 0.6 is 0 Å². The van der Waals surface area contributed by atoms with E-state index < -0.39 is 0 Å². The van der Waals surface area contributed by atoms with Crippen LogP contribution in [0.3, 0.4) is 0 Å². The molecule has 0 saturated carbocycles. The van der Waals surface area contributed by atoms with Crippen LogP contribution in [-0.4, -0.2) is 6.29 Å². The van der Waals surface area contributed by atoms with Gasteiger partial charge in [-0.15, -0.1) is 0 Å². The van der Waals surface area contributed by atoms with Crippen LogP contribution in [0, 0.1) is 6.92 Å². The molecule has 15 heavy (non-hydrogen) atoms. The van der Waals surface area contributed by atoms with E-state index in [2.05, 4.69) is 31.7 Å². The maximum Gasteiger partial charge on any atom is 0.146 e. The molecule has 0 aromatic heterocycles. The average Bonchev–Trinajstić information content (AvgIpc) is 2.26. The molecular weight excluding hydrogens is 184 g/mol. The van der Waals surface area contributed by atoms with Crippen molar-refractivity contribution in [3.63, 3.8) is 0 Å². The molecular formula is C14H16O. The monoisotopic (exact) mass is 200 g/mol. The summed E-state index contributed by atoms with van der Waals surface area (Å²) in [5, 5.41) is 0. The molecule has 1 heteroatoms. The van der Waals surface area contributed by atoms with Gasteiger partial charge in [-0.05, 0) is 42.9 Å². The second kappa shape index (κ2) is 4.01. The minimum atomic E-state index is 0.256. The number of benzene rings is 1. The van der Waals surface area contributed by atoms with Crippen molar-refractivity contribution in [2.24, 2.45) is 0 Å². The first-order valence-electron chi connectivity index (χ1n) is 5.46. The molecule has 0 bridgehead atoms. The second-order valence-electron chi connectivity index (χ2n) is 4.34.